The molecule has 2 heterocycles. The number of aromatic nitrogens is 1. The fraction of sp³-hybridized carbons (Fsp3) is 0.429. The van der Waals surface area contributed by atoms with E-state index in [1.165, 1.54) is 69.5 Å². The van der Waals surface area contributed by atoms with E-state index in [0.29, 0.717) is 11.1 Å². The van der Waals surface area contributed by atoms with E-state index in [-0.39, 0.29) is 16.9 Å². The van der Waals surface area contributed by atoms with Crippen LogP contribution < -0.4 is 16.1 Å². The van der Waals surface area contributed by atoms with Crippen LogP contribution in [0, 0.1) is 0 Å². The van der Waals surface area contributed by atoms with Crippen molar-refractivity contribution in [1.29, 1.82) is 0 Å². The lowest BCUT2D eigenvalue weighted by Crippen LogP contribution is -2.22. The lowest BCUT2D eigenvalue weighted by atomic mass is 10.0. The van der Waals surface area contributed by atoms with Gasteiger partial charge in [-0.05, 0) is 49.1 Å². The number of fused-ring (bicyclic) bond motifs is 2. The maximum atomic E-state index is 12.9. The zero-order valence-electron chi connectivity index (χ0n) is 19.4. The summed E-state index contributed by atoms with van der Waals surface area (Å²) in [6.45, 7) is 0.939. The van der Waals surface area contributed by atoms with Crippen molar-refractivity contribution in [2.45, 2.75) is 70.6 Å². The zero-order chi connectivity index (χ0) is 22.9. The van der Waals surface area contributed by atoms with Crippen LogP contribution in [-0.2, 0) is 6.42 Å². The smallest absolute Gasteiger partial charge is 0.261 e. The first kappa shape index (κ1) is 23.1. The zero-order valence-corrected chi connectivity index (χ0v) is 19.4. The molecule has 0 spiro atoms. The molecule has 3 aromatic rings. The second-order valence-corrected chi connectivity index (χ2v) is 9.12. The SMILES string of the molecule is O=C(Nc1ccc2c(c1)NCCCCCCCCCCCC2)c1c[nH]c2ccccc2c1=O. The number of nitrogens with one attached hydrogen (secondary N) is 3. The van der Waals surface area contributed by atoms with Crippen molar-refractivity contribution in [2.75, 3.05) is 17.2 Å². The highest BCUT2D eigenvalue weighted by atomic mass is 16.2. The molecule has 1 aliphatic rings. The van der Waals surface area contributed by atoms with E-state index in [0.717, 1.165) is 30.6 Å². The van der Waals surface area contributed by atoms with Crippen LogP contribution in [-0.4, -0.2) is 17.4 Å². The molecule has 0 unspecified atom stereocenters. The van der Waals surface area contributed by atoms with E-state index < -0.39 is 0 Å². The van der Waals surface area contributed by atoms with Crippen LogP contribution in [0.2, 0.25) is 0 Å². The summed E-state index contributed by atoms with van der Waals surface area (Å²) >= 11 is 0. The van der Waals surface area contributed by atoms with Crippen molar-refractivity contribution < 1.29 is 4.79 Å². The number of rotatable bonds is 2. The summed E-state index contributed by atoms with van der Waals surface area (Å²) in [5, 5.41) is 7.05. The second-order valence-electron chi connectivity index (χ2n) is 9.12. The lowest BCUT2D eigenvalue weighted by Gasteiger charge is -2.15. The van der Waals surface area contributed by atoms with Gasteiger partial charge in [0.25, 0.3) is 5.91 Å². The van der Waals surface area contributed by atoms with Crippen molar-refractivity contribution in [2.24, 2.45) is 0 Å². The van der Waals surface area contributed by atoms with Gasteiger partial charge in [-0.2, -0.15) is 0 Å². The van der Waals surface area contributed by atoms with E-state index in [4.69, 9.17) is 0 Å². The Morgan fingerprint density at radius 2 is 1.52 bits per heavy atom. The minimum atomic E-state index is -0.390. The monoisotopic (exact) mass is 445 g/mol. The molecule has 0 bridgehead atoms. The number of pyridine rings is 1. The van der Waals surface area contributed by atoms with E-state index in [9.17, 15) is 9.59 Å². The van der Waals surface area contributed by atoms with Crippen molar-refractivity contribution in [1.82, 2.24) is 4.98 Å². The van der Waals surface area contributed by atoms with Crippen molar-refractivity contribution in [3.63, 3.8) is 0 Å². The molecule has 174 valence electrons. The summed E-state index contributed by atoms with van der Waals surface area (Å²) in [6.07, 6.45) is 15.5. The van der Waals surface area contributed by atoms with Crippen LogP contribution in [0.15, 0.2) is 53.5 Å². The summed E-state index contributed by atoms with van der Waals surface area (Å²) in [5.74, 6) is -0.390. The van der Waals surface area contributed by atoms with Gasteiger partial charge < -0.3 is 15.6 Å². The first-order chi connectivity index (χ1) is 16.2. The van der Waals surface area contributed by atoms with Crippen LogP contribution >= 0.6 is 0 Å². The van der Waals surface area contributed by atoms with Gasteiger partial charge in [0, 0.05) is 35.0 Å². The van der Waals surface area contributed by atoms with Gasteiger partial charge in [-0.25, -0.2) is 0 Å². The maximum Gasteiger partial charge on any atom is 0.261 e. The third kappa shape index (κ3) is 6.25. The molecule has 1 amide bonds. The number of H-pyrrole nitrogens is 1. The number of aryl methyl sites for hydroxylation is 1. The minimum absolute atomic E-state index is 0.123. The van der Waals surface area contributed by atoms with Crippen molar-refractivity contribution >= 4 is 28.2 Å². The number of amides is 1. The highest BCUT2D eigenvalue weighted by Crippen LogP contribution is 2.24. The van der Waals surface area contributed by atoms with Crippen LogP contribution in [0.5, 0.6) is 0 Å². The molecular weight excluding hydrogens is 410 g/mol. The van der Waals surface area contributed by atoms with Crippen LogP contribution in [0.25, 0.3) is 10.9 Å². The number of benzene rings is 2. The van der Waals surface area contributed by atoms with Gasteiger partial charge >= 0.3 is 0 Å². The summed E-state index contributed by atoms with van der Waals surface area (Å²) in [6, 6.07) is 13.3. The summed E-state index contributed by atoms with van der Waals surface area (Å²) in [5.41, 5.74) is 3.69. The van der Waals surface area contributed by atoms with Gasteiger partial charge in [0.05, 0.1) is 0 Å². The Bertz CT molecular complexity index is 1140. The molecule has 3 N–H and O–H groups in total. The molecule has 4 rings (SSSR count). The Kier molecular flexibility index (Phi) is 8.18. The average Bonchev–Trinajstić information content (AvgIpc) is 2.84. The number of hydrogen-bond donors (Lipinski definition) is 3. The summed E-state index contributed by atoms with van der Waals surface area (Å²) in [4.78, 5) is 28.8. The van der Waals surface area contributed by atoms with Crippen molar-refractivity contribution in [3.8, 4) is 0 Å². The molecule has 0 aliphatic carbocycles. The molecule has 1 aromatic heterocycles. The summed E-state index contributed by atoms with van der Waals surface area (Å²) < 4.78 is 0. The number of para-hydroxylation sites is 1. The van der Waals surface area contributed by atoms with E-state index in [1.54, 1.807) is 12.1 Å². The molecule has 0 fully saturated rings. The van der Waals surface area contributed by atoms with Gasteiger partial charge in [0.15, 0.2) is 0 Å². The second kappa shape index (κ2) is 11.7. The molecule has 0 atom stereocenters. The van der Waals surface area contributed by atoms with Gasteiger partial charge in [0.1, 0.15) is 5.56 Å². The van der Waals surface area contributed by atoms with Crippen LogP contribution in [0.1, 0.15) is 80.1 Å². The van der Waals surface area contributed by atoms with E-state index in [2.05, 4.69) is 21.7 Å². The Morgan fingerprint density at radius 3 is 2.30 bits per heavy atom. The van der Waals surface area contributed by atoms with E-state index >= 15 is 0 Å². The fourth-order valence-electron chi connectivity index (χ4n) is 4.65. The van der Waals surface area contributed by atoms with Gasteiger partial charge in [0.2, 0.25) is 5.43 Å². The molecule has 5 heteroatoms. The third-order valence-electron chi connectivity index (χ3n) is 6.59. The highest BCUT2D eigenvalue weighted by molar-refractivity contribution is 6.05. The molecule has 0 saturated carbocycles. The number of hydrogen-bond acceptors (Lipinski definition) is 3. The minimum Gasteiger partial charge on any atom is -0.385 e. The molecule has 33 heavy (non-hydrogen) atoms. The van der Waals surface area contributed by atoms with Crippen LogP contribution in [0.3, 0.4) is 0 Å². The van der Waals surface area contributed by atoms with Gasteiger partial charge in [-0.15, -0.1) is 0 Å². The molecule has 1 aliphatic heterocycles. The third-order valence-corrected chi connectivity index (χ3v) is 6.59. The number of aromatic amines is 1. The van der Waals surface area contributed by atoms with Gasteiger partial charge in [-0.3, -0.25) is 9.59 Å². The predicted octanol–water partition coefficient (Wildman–Crippen LogP) is 6.65. The topological polar surface area (TPSA) is 74.0 Å². The number of carbonyl (C=O) groups excluding carboxylic acids is 1. The number of anilines is 2. The maximum absolute atomic E-state index is 12.9. The fourth-order valence-corrected chi connectivity index (χ4v) is 4.65. The normalized spacial score (nSPS) is 16.1. The largest absolute Gasteiger partial charge is 0.385 e. The Labute approximate surface area is 196 Å². The first-order valence-electron chi connectivity index (χ1n) is 12.5. The quantitative estimate of drug-likeness (QED) is 0.413. The van der Waals surface area contributed by atoms with E-state index in [1.807, 2.05) is 24.3 Å². The van der Waals surface area contributed by atoms with Crippen molar-refractivity contribution in [3.05, 3.63) is 70.0 Å². The van der Waals surface area contributed by atoms with Gasteiger partial charge in [-0.1, -0.05) is 69.6 Å². The first-order valence-corrected chi connectivity index (χ1v) is 12.5. The predicted molar refractivity (Wildman–Crippen MR) is 137 cm³/mol. The number of carbonyl (C=O) groups is 1. The standard InChI is InChI=1S/C28H35N3O2/c32-27-23-14-10-11-15-25(23)30-20-24(27)28(33)31-22-17-16-21-13-9-7-5-3-1-2-4-6-8-12-18-29-26(21)19-22/h10-11,14-17,19-20,29H,1-9,12-13,18H2,(H,30,32)(H,31,33). The molecule has 2 aromatic carbocycles. The van der Waals surface area contributed by atoms with Crippen LogP contribution in [0.4, 0.5) is 11.4 Å². The Morgan fingerprint density at radius 1 is 0.818 bits per heavy atom. The Hall–Kier alpha value is -3.08. The molecular formula is C28H35N3O2. The molecule has 0 saturated heterocycles. The molecule has 5 nitrogen and oxygen atoms in total. The highest BCUT2D eigenvalue weighted by Gasteiger charge is 2.14. The lowest BCUT2D eigenvalue weighted by molar-refractivity contribution is 0.102. The average molecular weight is 446 g/mol. The Balaban J connectivity index is 1.49. The molecule has 0 radical (unpaired) electrons. The summed E-state index contributed by atoms with van der Waals surface area (Å²) in [7, 11) is 0.